The molecule has 3 aromatic heterocycles. The van der Waals surface area contributed by atoms with E-state index < -0.39 is 18.2 Å². The van der Waals surface area contributed by atoms with E-state index in [1.807, 2.05) is 0 Å². The average molecular weight is 498 g/mol. The summed E-state index contributed by atoms with van der Waals surface area (Å²) in [4.78, 5) is 45.4. The minimum atomic E-state index is -0.815. The molecule has 1 fully saturated rings. The van der Waals surface area contributed by atoms with Gasteiger partial charge in [-0.3, -0.25) is 24.8 Å². The number of cyclic esters (lactones) is 1. The Bertz CT molecular complexity index is 1400. The number of pyridine rings is 3. The van der Waals surface area contributed by atoms with E-state index in [4.69, 9.17) is 14.2 Å². The second-order valence-corrected chi connectivity index (χ2v) is 8.24. The van der Waals surface area contributed by atoms with Gasteiger partial charge >= 0.3 is 6.09 Å². The molecule has 36 heavy (non-hydrogen) atoms. The zero-order chi connectivity index (χ0) is 25.2. The van der Waals surface area contributed by atoms with Crippen LogP contribution in [0.1, 0.15) is 12.0 Å². The molecule has 2 aliphatic rings. The van der Waals surface area contributed by atoms with Crippen molar-refractivity contribution < 1.29 is 28.2 Å². The third kappa shape index (κ3) is 4.70. The predicted octanol–water partition coefficient (Wildman–Crippen LogP) is 1.28. The van der Waals surface area contributed by atoms with Gasteiger partial charge in [-0.1, -0.05) is 0 Å². The molecule has 0 spiro atoms. The number of hydrogen-bond donors (Lipinski definition) is 2. The van der Waals surface area contributed by atoms with Gasteiger partial charge in [0.1, 0.15) is 18.4 Å². The first kappa shape index (κ1) is 23.6. The summed E-state index contributed by atoms with van der Waals surface area (Å²) in [5.74, 6) is 0.169. The van der Waals surface area contributed by atoms with Crippen molar-refractivity contribution in [2.45, 2.75) is 19.1 Å². The van der Waals surface area contributed by atoms with Gasteiger partial charge in [0, 0.05) is 18.7 Å². The van der Waals surface area contributed by atoms with Gasteiger partial charge in [-0.05, 0) is 37.6 Å². The molecule has 1 unspecified atom stereocenters. The minimum Gasteiger partial charge on any atom is -0.480 e. The van der Waals surface area contributed by atoms with E-state index in [0.717, 1.165) is 6.20 Å². The maximum Gasteiger partial charge on any atom is 0.418 e. The molecule has 0 aromatic carbocycles. The number of aromatic nitrogens is 3. The molecule has 0 saturated carbocycles. The molecule has 5 heterocycles. The number of ether oxygens (including phenoxy) is 3. The Morgan fingerprint density at radius 2 is 2.11 bits per heavy atom. The van der Waals surface area contributed by atoms with E-state index in [0.29, 0.717) is 47.6 Å². The first-order chi connectivity index (χ1) is 17.4. The second kappa shape index (κ2) is 9.87. The van der Waals surface area contributed by atoms with Crippen LogP contribution in [0.3, 0.4) is 0 Å². The summed E-state index contributed by atoms with van der Waals surface area (Å²) in [5, 5.41) is 5.67. The Morgan fingerprint density at radius 3 is 2.97 bits per heavy atom. The molecule has 0 bridgehead atoms. The lowest BCUT2D eigenvalue weighted by molar-refractivity contribution is -0.118. The molecular weight excluding hydrogens is 475 g/mol. The maximum absolute atomic E-state index is 14.4. The van der Waals surface area contributed by atoms with Crippen LogP contribution in [0, 0.1) is 5.82 Å². The van der Waals surface area contributed by atoms with Crippen LogP contribution in [-0.4, -0.2) is 59.3 Å². The molecule has 2 amide bonds. The number of aryl methyl sites for hydroxylation is 2. The average Bonchev–Trinajstić information content (AvgIpc) is 3.24. The number of rotatable bonds is 8. The van der Waals surface area contributed by atoms with Gasteiger partial charge < -0.3 is 24.1 Å². The van der Waals surface area contributed by atoms with E-state index >= 15 is 0 Å². The number of amides is 2. The fourth-order valence-electron chi connectivity index (χ4n) is 4.07. The van der Waals surface area contributed by atoms with Crippen LogP contribution in [0.5, 0.6) is 5.75 Å². The molecule has 13 heteroatoms. The molecule has 2 aliphatic heterocycles. The number of nitrogens with zero attached hydrogens (tertiary/aromatic N) is 4. The molecule has 0 radical (unpaired) electrons. The fraction of sp³-hybridized carbons (Fsp3) is 0.348. The van der Waals surface area contributed by atoms with Gasteiger partial charge in [0.25, 0.3) is 11.5 Å². The lowest BCUT2D eigenvalue weighted by Gasteiger charge is -2.19. The first-order valence-electron chi connectivity index (χ1n) is 11.3. The third-order valence-corrected chi connectivity index (χ3v) is 5.86. The lowest BCUT2D eigenvalue weighted by Crippen LogP contribution is -2.30. The minimum absolute atomic E-state index is 0.0868. The number of fused-ring (bicyclic) bond motifs is 2. The van der Waals surface area contributed by atoms with Crippen molar-refractivity contribution in [3.8, 4) is 5.75 Å². The fourth-order valence-corrected chi connectivity index (χ4v) is 4.07. The molecule has 12 nitrogen and oxygen atoms in total. The van der Waals surface area contributed by atoms with E-state index in [9.17, 15) is 18.8 Å². The summed E-state index contributed by atoms with van der Waals surface area (Å²) in [5.41, 5.74) is 1.24. The quantitative estimate of drug-likeness (QED) is 0.348. The molecular formula is C23H23FN6O6. The second-order valence-electron chi connectivity index (χ2n) is 8.24. The van der Waals surface area contributed by atoms with Crippen molar-refractivity contribution in [1.29, 1.82) is 0 Å². The van der Waals surface area contributed by atoms with Gasteiger partial charge in [0.15, 0.2) is 18.2 Å². The summed E-state index contributed by atoms with van der Waals surface area (Å²) in [6, 6.07) is 6.20. The Kier molecular flexibility index (Phi) is 6.48. The number of halogens is 1. The van der Waals surface area contributed by atoms with Crippen molar-refractivity contribution in [2.24, 2.45) is 7.05 Å². The van der Waals surface area contributed by atoms with Gasteiger partial charge in [0.05, 0.1) is 23.8 Å². The number of carbonyl (C=O) groups is 2. The number of carbonyl (C=O) groups excluding carboxylic acids is 2. The van der Waals surface area contributed by atoms with Crippen LogP contribution in [0.15, 0.2) is 35.3 Å². The third-order valence-electron chi connectivity index (χ3n) is 5.86. The number of hydrogen-bond acceptors (Lipinski definition) is 9. The van der Waals surface area contributed by atoms with Crippen LogP contribution < -0.4 is 25.8 Å². The molecule has 3 aromatic rings. The van der Waals surface area contributed by atoms with Gasteiger partial charge in [0.2, 0.25) is 6.29 Å². The SMILES string of the molecule is Cn1c(=O)ccc2ncc(F)c(CCCNCOC3CN(c4ccc5c(n4)NC(=O)CO5)C(=O)O3)c21. The normalized spacial score (nSPS) is 17.1. The van der Waals surface area contributed by atoms with Gasteiger partial charge in [-0.2, -0.15) is 0 Å². The van der Waals surface area contributed by atoms with Crippen LogP contribution in [0.4, 0.5) is 20.8 Å². The van der Waals surface area contributed by atoms with Crippen molar-refractivity contribution in [3.05, 3.63) is 52.2 Å². The molecule has 1 atom stereocenters. The van der Waals surface area contributed by atoms with E-state index in [2.05, 4.69) is 20.6 Å². The van der Waals surface area contributed by atoms with E-state index in [1.54, 1.807) is 25.2 Å². The van der Waals surface area contributed by atoms with E-state index in [1.165, 1.54) is 15.5 Å². The number of nitrogens with one attached hydrogen (secondary N) is 2. The molecule has 2 N–H and O–H groups in total. The monoisotopic (exact) mass is 498 g/mol. The number of anilines is 2. The van der Waals surface area contributed by atoms with Crippen LogP contribution in [0.2, 0.25) is 0 Å². The van der Waals surface area contributed by atoms with Crippen LogP contribution in [0.25, 0.3) is 11.0 Å². The van der Waals surface area contributed by atoms with Crippen molar-refractivity contribution in [1.82, 2.24) is 19.9 Å². The zero-order valence-electron chi connectivity index (χ0n) is 19.3. The maximum atomic E-state index is 14.4. The Labute approximate surface area is 204 Å². The van der Waals surface area contributed by atoms with E-state index in [-0.39, 0.29) is 37.2 Å². The van der Waals surface area contributed by atoms with Gasteiger partial charge in [-0.15, -0.1) is 0 Å². The first-order valence-corrected chi connectivity index (χ1v) is 11.3. The largest absolute Gasteiger partial charge is 0.480 e. The summed E-state index contributed by atoms with van der Waals surface area (Å²) in [6.45, 7) is 0.631. The van der Waals surface area contributed by atoms with Gasteiger partial charge in [-0.25, -0.2) is 14.2 Å². The molecule has 5 rings (SSSR count). The van der Waals surface area contributed by atoms with Crippen LogP contribution >= 0.6 is 0 Å². The van der Waals surface area contributed by atoms with Crippen molar-refractivity contribution in [2.75, 3.05) is 36.6 Å². The zero-order valence-corrected chi connectivity index (χ0v) is 19.3. The Balaban J connectivity index is 1.11. The highest BCUT2D eigenvalue weighted by Gasteiger charge is 2.34. The van der Waals surface area contributed by atoms with Crippen molar-refractivity contribution >= 4 is 34.7 Å². The Hall–Kier alpha value is -4.10. The molecule has 1 saturated heterocycles. The Morgan fingerprint density at radius 1 is 1.25 bits per heavy atom. The lowest BCUT2D eigenvalue weighted by atomic mass is 10.1. The summed E-state index contributed by atoms with van der Waals surface area (Å²) >= 11 is 0. The smallest absolute Gasteiger partial charge is 0.418 e. The van der Waals surface area contributed by atoms with Crippen LogP contribution in [-0.2, 0) is 27.7 Å². The highest BCUT2D eigenvalue weighted by atomic mass is 19.1. The molecule has 188 valence electrons. The topological polar surface area (TPSA) is 137 Å². The standard InChI is InChI=1S/C23H23FN6O6/c1-29-19(32)7-4-15-21(29)13(14(24)9-26-15)3-2-8-25-12-35-20-10-30(23(33)36-20)17-6-5-16-22(27-17)28-18(31)11-34-16/h4-7,9,20,25H,2-3,8,10-12H2,1H3,(H,27,28,31). The summed E-state index contributed by atoms with van der Waals surface area (Å²) < 4.78 is 31.9. The highest BCUT2D eigenvalue weighted by molar-refractivity contribution is 5.95. The highest BCUT2D eigenvalue weighted by Crippen LogP contribution is 2.30. The summed E-state index contributed by atoms with van der Waals surface area (Å²) in [7, 11) is 1.59. The predicted molar refractivity (Wildman–Crippen MR) is 125 cm³/mol. The summed E-state index contributed by atoms with van der Waals surface area (Å²) in [6.07, 6.45) is 0.695. The van der Waals surface area contributed by atoms with Crippen molar-refractivity contribution in [3.63, 3.8) is 0 Å². The molecule has 0 aliphatic carbocycles.